The number of fused-ring (bicyclic) bond motifs is 1. The number of carbonyl (C=O) groups excluding carboxylic acids is 2. The first-order valence-electron chi connectivity index (χ1n) is 7.91. The summed E-state index contributed by atoms with van der Waals surface area (Å²) < 4.78 is 5.64. The number of hydrogen-bond donors (Lipinski definition) is 1. The first kappa shape index (κ1) is 17.7. The Hall–Kier alpha value is -3.12. The summed E-state index contributed by atoms with van der Waals surface area (Å²) in [5, 5.41) is 7.51. The molecule has 0 aliphatic carbocycles. The fraction of sp³-hybridized carbons (Fsp3) is 0.105. The van der Waals surface area contributed by atoms with Gasteiger partial charge in [0, 0.05) is 11.8 Å². The van der Waals surface area contributed by atoms with Crippen LogP contribution in [0, 0.1) is 0 Å². The third-order valence-electron chi connectivity index (χ3n) is 3.54. The van der Waals surface area contributed by atoms with Crippen molar-refractivity contribution < 1.29 is 18.8 Å². The molecule has 0 aliphatic rings. The number of benzene rings is 2. The van der Waals surface area contributed by atoms with Gasteiger partial charge in [-0.05, 0) is 29.4 Å². The predicted molar refractivity (Wildman–Crippen MR) is 97.6 cm³/mol. The Morgan fingerprint density at radius 1 is 1.15 bits per heavy atom. The molecule has 3 aromatic rings. The second-order valence-corrected chi connectivity index (χ2v) is 5.75. The highest BCUT2D eigenvalue weighted by molar-refractivity contribution is 6.33. The zero-order chi connectivity index (χ0) is 18.5. The maximum absolute atomic E-state index is 12.7. The van der Waals surface area contributed by atoms with Gasteiger partial charge in [0.05, 0.1) is 10.7 Å². The van der Waals surface area contributed by atoms with E-state index in [4.69, 9.17) is 20.9 Å². The summed E-state index contributed by atoms with van der Waals surface area (Å²) in [6, 6.07) is 15.6. The lowest BCUT2D eigenvalue weighted by Crippen LogP contribution is -2.22. The van der Waals surface area contributed by atoms with Gasteiger partial charge in [-0.25, -0.2) is 4.79 Å². The topological polar surface area (TPSA) is 80.9 Å². The van der Waals surface area contributed by atoms with Crippen LogP contribution in [0.4, 0.5) is 5.69 Å². The summed E-state index contributed by atoms with van der Waals surface area (Å²) in [4.78, 5) is 28.9. The first-order valence-corrected chi connectivity index (χ1v) is 8.29. The lowest BCUT2D eigenvalue weighted by molar-refractivity contribution is -0.144. The van der Waals surface area contributed by atoms with E-state index in [1.54, 1.807) is 55.5 Å². The number of carbonyl (C=O) groups is 2. The smallest absolute Gasteiger partial charge is 0.334 e. The minimum absolute atomic E-state index is 0.102. The molecule has 0 saturated heterocycles. The Morgan fingerprint density at radius 3 is 2.65 bits per heavy atom. The van der Waals surface area contributed by atoms with E-state index in [1.807, 2.05) is 6.07 Å². The molecule has 0 bridgehead atoms. The lowest BCUT2D eigenvalue weighted by atomic mass is 10.1. The summed E-state index contributed by atoms with van der Waals surface area (Å²) in [5.74, 6) is -1.02. The first-order chi connectivity index (χ1) is 12.6. The number of hydrogen-bond acceptors (Lipinski definition) is 5. The number of anilines is 1. The molecule has 2 aromatic carbocycles. The van der Waals surface area contributed by atoms with E-state index in [1.165, 1.54) is 0 Å². The quantitative estimate of drug-likeness (QED) is 0.553. The molecule has 0 aliphatic heterocycles. The van der Waals surface area contributed by atoms with Crippen LogP contribution in [0.1, 0.15) is 23.7 Å². The van der Waals surface area contributed by atoms with Crippen molar-refractivity contribution in [2.75, 3.05) is 5.32 Å². The van der Waals surface area contributed by atoms with Gasteiger partial charge in [-0.3, -0.25) is 4.79 Å². The van der Waals surface area contributed by atoms with E-state index in [9.17, 15) is 9.59 Å². The van der Waals surface area contributed by atoms with Crippen molar-refractivity contribution >= 4 is 40.1 Å². The summed E-state index contributed by atoms with van der Waals surface area (Å²) in [7, 11) is 0. The molecule has 1 heterocycles. The molecule has 3 rings (SSSR count). The summed E-state index contributed by atoms with van der Waals surface area (Å²) >= 11 is 6.08. The summed E-state index contributed by atoms with van der Waals surface area (Å²) in [5.41, 5.74) is 0.972. The average molecular weight is 371 g/mol. The molecule has 0 unspecified atom stereocenters. The Balaban J connectivity index is 2.05. The van der Waals surface area contributed by atoms with Crippen molar-refractivity contribution in [1.29, 1.82) is 0 Å². The van der Waals surface area contributed by atoms with Gasteiger partial charge in [-0.2, -0.15) is 0 Å². The van der Waals surface area contributed by atoms with Crippen LogP contribution in [0.2, 0.25) is 5.02 Å². The molecule has 132 valence electrons. The third kappa shape index (κ3) is 3.92. The largest absolute Gasteiger partial charge is 0.435 e. The molecular formula is C19H15ClN2O4. The number of rotatable bonds is 4. The van der Waals surface area contributed by atoms with Crippen LogP contribution in [0.25, 0.3) is 11.0 Å². The summed E-state index contributed by atoms with van der Waals surface area (Å²) in [6.45, 7) is 1.64. The van der Waals surface area contributed by atoms with Crippen LogP contribution in [-0.2, 0) is 9.63 Å². The van der Waals surface area contributed by atoms with Crippen LogP contribution in [0.3, 0.4) is 0 Å². The number of nitrogens with one attached hydrogen (secondary N) is 1. The van der Waals surface area contributed by atoms with E-state index in [-0.39, 0.29) is 17.5 Å². The number of amides is 1. The highest BCUT2D eigenvalue weighted by Crippen LogP contribution is 2.21. The molecule has 0 fully saturated rings. The van der Waals surface area contributed by atoms with Crippen LogP contribution in [0.15, 0.2) is 64.2 Å². The second kappa shape index (κ2) is 7.84. The fourth-order valence-electron chi connectivity index (χ4n) is 2.21. The van der Waals surface area contributed by atoms with Crippen molar-refractivity contribution in [3.05, 3.63) is 70.7 Å². The molecule has 1 N–H and O–H groups in total. The molecule has 0 atom stereocenters. The van der Waals surface area contributed by atoms with Crippen molar-refractivity contribution in [2.24, 2.45) is 5.16 Å². The van der Waals surface area contributed by atoms with Gasteiger partial charge >= 0.3 is 5.97 Å². The SMILES string of the molecule is CCC(=O)O/N=c1/oc2ccccc2cc1C(=O)Nc1ccccc1Cl. The minimum atomic E-state index is -0.536. The van der Waals surface area contributed by atoms with Gasteiger partial charge in [0.25, 0.3) is 11.5 Å². The van der Waals surface area contributed by atoms with Crippen LogP contribution in [0.5, 0.6) is 0 Å². The molecular weight excluding hydrogens is 356 g/mol. The normalized spacial score (nSPS) is 11.4. The third-order valence-corrected chi connectivity index (χ3v) is 3.87. The van der Waals surface area contributed by atoms with Gasteiger partial charge in [0.1, 0.15) is 11.1 Å². The Kier molecular flexibility index (Phi) is 5.34. The van der Waals surface area contributed by atoms with Gasteiger partial charge in [-0.1, -0.05) is 48.9 Å². The highest BCUT2D eigenvalue weighted by Gasteiger charge is 2.15. The van der Waals surface area contributed by atoms with E-state index >= 15 is 0 Å². The van der Waals surface area contributed by atoms with Crippen molar-refractivity contribution in [1.82, 2.24) is 0 Å². The van der Waals surface area contributed by atoms with Gasteiger partial charge < -0.3 is 14.6 Å². The van der Waals surface area contributed by atoms with E-state index in [0.29, 0.717) is 21.7 Å². The Morgan fingerprint density at radius 2 is 1.88 bits per heavy atom. The van der Waals surface area contributed by atoms with Crippen molar-refractivity contribution in [2.45, 2.75) is 13.3 Å². The number of halogens is 1. The fourth-order valence-corrected chi connectivity index (χ4v) is 2.39. The second-order valence-electron chi connectivity index (χ2n) is 5.35. The maximum atomic E-state index is 12.7. The molecule has 1 amide bonds. The highest BCUT2D eigenvalue weighted by atomic mass is 35.5. The Labute approximate surface area is 154 Å². The van der Waals surface area contributed by atoms with Crippen LogP contribution in [-0.4, -0.2) is 11.9 Å². The molecule has 7 heteroatoms. The predicted octanol–water partition coefficient (Wildman–Crippen LogP) is 4.11. The van der Waals surface area contributed by atoms with E-state index < -0.39 is 11.9 Å². The Bertz CT molecular complexity index is 1040. The standard InChI is InChI=1S/C19H15ClN2O4/c1-2-17(23)26-22-19-13(11-12-7-3-6-10-16(12)25-19)18(24)21-15-9-5-4-8-14(15)20/h3-11H,2H2,1H3,(H,21,24)/b22-19+. The molecule has 26 heavy (non-hydrogen) atoms. The zero-order valence-corrected chi connectivity index (χ0v) is 14.6. The maximum Gasteiger partial charge on any atom is 0.334 e. The molecule has 0 saturated carbocycles. The van der Waals surface area contributed by atoms with Crippen LogP contribution < -0.4 is 10.9 Å². The minimum Gasteiger partial charge on any atom is -0.435 e. The van der Waals surface area contributed by atoms with E-state index in [2.05, 4.69) is 10.5 Å². The van der Waals surface area contributed by atoms with Crippen LogP contribution >= 0.6 is 11.6 Å². The van der Waals surface area contributed by atoms with Gasteiger partial charge in [0.15, 0.2) is 0 Å². The lowest BCUT2D eigenvalue weighted by Gasteiger charge is -2.08. The van der Waals surface area contributed by atoms with Crippen molar-refractivity contribution in [3.8, 4) is 0 Å². The molecule has 0 spiro atoms. The molecule has 6 nitrogen and oxygen atoms in total. The van der Waals surface area contributed by atoms with Gasteiger partial charge in [0.2, 0.25) is 0 Å². The average Bonchev–Trinajstić information content (AvgIpc) is 2.67. The number of para-hydroxylation sites is 2. The van der Waals surface area contributed by atoms with E-state index in [0.717, 1.165) is 0 Å². The van der Waals surface area contributed by atoms with Gasteiger partial charge in [-0.15, -0.1) is 0 Å². The molecule has 1 aromatic heterocycles. The zero-order valence-electron chi connectivity index (χ0n) is 13.9. The summed E-state index contributed by atoms with van der Waals surface area (Å²) in [6.07, 6.45) is 0.151. The monoisotopic (exact) mass is 370 g/mol. The molecule has 0 radical (unpaired) electrons. The van der Waals surface area contributed by atoms with Crippen molar-refractivity contribution in [3.63, 3.8) is 0 Å². The number of nitrogens with zero attached hydrogens (tertiary/aromatic N) is 1.